The molecule has 98 valence electrons. The number of carbonyl (C=O) groups is 1. The first-order chi connectivity index (χ1) is 8.24. The molecule has 2 saturated heterocycles. The van der Waals surface area contributed by atoms with Crippen LogP contribution >= 0.6 is 0 Å². The van der Waals surface area contributed by atoms with E-state index in [4.69, 9.17) is 9.47 Å². The maximum Gasteiger partial charge on any atom is 0.129 e. The van der Waals surface area contributed by atoms with Gasteiger partial charge in [0, 0.05) is 26.3 Å². The van der Waals surface area contributed by atoms with Crippen molar-refractivity contribution in [1.82, 2.24) is 4.90 Å². The Balaban J connectivity index is 1.82. The summed E-state index contributed by atoms with van der Waals surface area (Å²) in [6.45, 7) is 3.98. The summed E-state index contributed by atoms with van der Waals surface area (Å²) in [5.41, 5.74) is -0.286. The van der Waals surface area contributed by atoms with Gasteiger partial charge in [-0.15, -0.1) is 0 Å². The van der Waals surface area contributed by atoms with E-state index in [-0.39, 0.29) is 5.41 Å². The Morgan fingerprint density at radius 3 is 2.88 bits per heavy atom. The molecule has 2 heterocycles. The Bertz CT molecular complexity index is 245. The fourth-order valence-corrected chi connectivity index (χ4v) is 2.87. The fourth-order valence-electron chi connectivity index (χ4n) is 2.87. The lowest BCUT2D eigenvalue weighted by atomic mass is 9.83. The second kappa shape index (κ2) is 5.94. The van der Waals surface area contributed by atoms with Gasteiger partial charge in [0.2, 0.25) is 0 Å². The van der Waals surface area contributed by atoms with Gasteiger partial charge in [0.05, 0.1) is 18.1 Å². The lowest BCUT2D eigenvalue weighted by molar-refractivity contribution is -0.125. The van der Waals surface area contributed by atoms with Crippen molar-refractivity contribution >= 4 is 6.29 Å². The van der Waals surface area contributed by atoms with Crippen molar-refractivity contribution in [3.05, 3.63) is 0 Å². The minimum atomic E-state index is -0.286. The average molecular weight is 241 g/mol. The first kappa shape index (κ1) is 13.0. The first-order valence-electron chi connectivity index (χ1n) is 6.58. The second-order valence-corrected chi connectivity index (χ2v) is 5.47. The Morgan fingerprint density at radius 1 is 1.41 bits per heavy atom. The van der Waals surface area contributed by atoms with Crippen LogP contribution < -0.4 is 0 Å². The van der Waals surface area contributed by atoms with E-state index in [0.717, 1.165) is 51.9 Å². The van der Waals surface area contributed by atoms with Gasteiger partial charge in [-0.2, -0.15) is 0 Å². The predicted octanol–water partition coefficient (Wildman–Crippen LogP) is 1.09. The molecule has 0 aromatic carbocycles. The van der Waals surface area contributed by atoms with Gasteiger partial charge < -0.3 is 19.2 Å². The number of carbonyl (C=O) groups excluding carboxylic acids is 1. The molecule has 0 aromatic rings. The SMILES string of the molecule is CN(CC1CCCO1)CC1(C=O)CCCOC1. The van der Waals surface area contributed by atoms with Crippen LogP contribution in [-0.2, 0) is 14.3 Å². The van der Waals surface area contributed by atoms with Crippen LogP contribution in [0.3, 0.4) is 0 Å². The third-order valence-corrected chi connectivity index (χ3v) is 3.73. The zero-order valence-corrected chi connectivity index (χ0v) is 10.7. The van der Waals surface area contributed by atoms with Gasteiger partial charge in [-0.3, -0.25) is 0 Å². The van der Waals surface area contributed by atoms with Crippen LogP contribution in [0, 0.1) is 5.41 Å². The van der Waals surface area contributed by atoms with Gasteiger partial charge >= 0.3 is 0 Å². The Hall–Kier alpha value is -0.450. The Morgan fingerprint density at radius 2 is 2.29 bits per heavy atom. The summed E-state index contributed by atoms with van der Waals surface area (Å²) in [5.74, 6) is 0. The van der Waals surface area contributed by atoms with E-state index in [2.05, 4.69) is 11.9 Å². The first-order valence-corrected chi connectivity index (χ1v) is 6.58. The van der Waals surface area contributed by atoms with Crippen LogP contribution in [0.2, 0.25) is 0 Å². The molecule has 0 amide bonds. The quantitative estimate of drug-likeness (QED) is 0.676. The molecule has 0 radical (unpaired) electrons. The molecule has 2 fully saturated rings. The molecule has 2 aliphatic heterocycles. The molecule has 0 bridgehead atoms. The Labute approximate surface area is 103 Å². The molecule has 0 N–H and O–H groups in total. The van der Waals surface area contributed by atoms with E-state index >= 15 is 0 Å². The lowest BCUT2D eigenvalue weighted by Gasteiger charge is -2.35. The van der Waals surface area contributed by atoms with Gasteiger partial charge in [0.15, 0.2) is 0 Å². The average Bonchev–Trinajstić information content (AvgIpc) is 2.83. The summed E-state index contributed by atoms with van der Waals surface area (Å²) >= 11 is 0. The highest BCUT2D eigenvalue weighted by Crippen LogP contribution is 2.27. The normalized spacial score (nSPS) is 34.1. The molecule has 2 unspecified atom stereocenters. The monoisotopic (exact) mass is 241 g/mol. The van der Waals surface area contributed by atoms with E-state index in [9.17, 15) is 4.79 Å². The van der Waals surface area contributed by atoms with E-state index in [1.165, 1.54) is 6.42 Å². The fraction of sp³-hybridized carbons (Fsp3) is 0.923. The zero-order valence-electron chi connectivity index (χ0n) is 10.7. The van der Waals surface area contributed by atoms with Gasteiger partial charge in [0.25, 0.3) is 0 Å². The maximum atomic E-state index is 11.3. The Kier molecular flexibility index (Phi) is 4.54. The number of rotatable bonds is 5. The van der Waals surface area contributed by atoms with Crippen molar-refractivity contribution in [2.45, 2.75) is 31.8 Å². The minimum absolute atomic E-state index is 0.286. The van der Waals surface area contributed by atoms with E-state index in [1.54, 1.807) is 0 Å². The largest absolute Gasteiger partial charge is 0.380 e. The van der Waals surface area contributed by atoms with Crippen molar-refractivity contribution in [3.63, 3.8) is 0 Å². The molecular weight excluding hydrogens is 218 g/mol. The standard InChI is InChI=1S/C13H23NO3/c1-14(8-12-4-2-7-17-12)9-13(10-15)5-3-6-16-11-13/h10,12H,2-9,11H2,1H3. The number of aldehydes is 1. The lowest BCUT2D eigenvalue weighted by Crippen LogP contribution is -2.44. The summed E-state index contributed by atoms with van der Waals surface area (Å²) in [5, 5.41) is 0. The van der Waals surface area contributed by atoms with Crippen molar-refractivity contribution in [2.75, 3.05) is 40.0 Å². The summed E-state index contributed by atoms with van der Waals surface area (Å²) in [6.07, 6.45) is 5.71. The highest BCUT2D eigenvalue weighted by molar-refractivity contribution is 5.60. The van der Waals surface area contributed by atoms with E-state index < -0.39 is 0 Å². The number of ether oxygens (including phenoxy) is 2. The maximum absolute atomic E-state index is 11.3. The third kappa shape index (κ3) is 3.50. The molecule has 2 rings (SSSR count). The zero-order chi connectivity index (χ0) is 12.1. The second-order valence-electron chi connectivity index (χ2n) is 5.47. The van der Waals surface area contributed by atoms with Crippen molar-refractivity contribution in [3.8, 4) is 0 Å². The summed E-state index contributed by atoms with van der Waals surface area (Å²) in [6, 6.07) is 0. The number of nitrogens with zero attached hydrogens (tertiary/aromatic N) is 1. The van der Waals surface area contributed by atoms with Crippen LogP contribution in [0.4, 0.5) is 0 Å². The minimum Gasteiger partial charge on any atom is -0.380 e. The van der Waals surface area contributed by atoms with Crippen LogP contribution in [-0.4, -0.2) is 57.2 Å². The van der Waals surface area contributed by atoms with Crippen molar-refractivity contribution in [2.24, 2.45) is 5.41 Å². The third-order valence-electron chi connectivity index (χ3n) is 3.73. The summed E-state index contributed by atoms with van der Waals surface area (Å²) in [7, 11) is 2.07. The van der Waals surface area contributed by atoms with E-state index in [1.807, 2.05) is 0 Å². The summed E-state index contributed by atoms with van der Waals surface area (Å²) < 4.78 is 11.1. The molecule has 4 nitrogen and oxygen atoms in total. The van der Waals surface area contributed by atoms with Crippen LogP contribution in [0.5, 0.6) is 0 Å². The van der Waals surface area contributed by atoms with E-state index in [0.29, 0.717) is 12.7 Å². The molecule has 2 atom stereocenters. The topological polar surface area (TPSA) is 38.8 Å². The van der Waals surface area contributed by atoms with Crippen LogP contribution in [0.25, 0.3) is 0 Å². The number of hydrogen-bond donors (Lipinski definition) is 0. The molecule has 2 aliphatic rings. The molecule has 0 spiro atoms. The highest BCUT2D eigenvalue weighted by atomic mass is 16.5. The number of likely N-dealkylation sites (N-methyl/N-ethyl adjacent to an activating group) is 1. The van der Waals surface area contributed by atoms with Gasteiger partial charge in [-0.05, 0) is 32.7 Å². The molecule has 0 saturated carbocycles. The van der Waals surface area contributed by atoms with Crippen LogP contribution in [0.1, 0.15) is 25.7 Å². The predicted molar refractivity (Wildman–Crippen MR) is 65.0 cm³/mol. The number of hydrogen-bond acceptors (Lipinski definition) is 4. The highest BCUT2D eigenvalue weighted by Gasteiger charge is 2.34. The molecule has 4 heteroatoms. The molecule has 17 heavy (non-hydrogen) atoms. The molecule has 0 aliphatic carbocycles. The van der Waals surface area contributed by atoms with Gasteiger partial charge in [-0.25, -0.2) is 0 Å². The van der Waals surface area contributed by atoms with Gasteiger partial charge in [-0.1, -0.05) is 0 Å². The van der Waals surface area contributed by atoms with Crippen molar-refractivity contribution in [1.29, 1.82) is 0 Å². The summed E-state index contributed by atoms with van der Waals surface area (Å²) in [4.78, 5) is 13.5. The smallest absolute Gasteiger partial charge is 0.129 e. The molecule has 0 aromatic heterocycles. The van der Waals surface area contributed by atoms with Gasteiger partial charge in [0.1, 0.15) is 6.29 Å². The molecular formula is C13H23NO3. The van der Waals surface area contributed by atoms with Crippen LogP contribution in [0.15, 0.2) is 0 Å². The van der Waals surface area contributed by atoms with Crippen molar-refractivity contribution < 1.29 is 14.3 Å².